The highest BCUT2D eigenvalue weighted by Gasteiger charge is 2.21. The third kappa shape index (κ3) is 3.24. The Kier molecular flexibility index (Phi) is 4.23. The molecule has 5 nitrogen and oxygen atoms in total. The van der Waals surface area contributed by atoms with Crippen molar-refractivity contribution < 1.29 is 19.4 Å². The van der Waals surface area contributed by atoms with Crippen LogP contribution in [-0.4, -0.2) is 36.6 Å². The molecular formula is C9H13NO4. The smallest absolute Gasteiger partial charge is 0.326 e. The molecule has 0 aromatic heterocycles. The first-order valence-electron chi connectivity index (χ1n) is 4.41. The molecule has 0 saturated carbocycles. The number of nitrogens with one attached hydrogen (secondary N) is 1. The van der Waals surface area contributed by atoms with Gasteiger partial charge in [-0.15, -0.1) is 0 Å². The monoisotopic (exact) mass is 199 g/mol. The average molecular weight is 199 g/mol. The van der Waals surface area contributed by atoms with Gasteiger partial charge in [0, 0.05) is 12.5 Å². The summed E-state index contributed by atoms with van der Waals surface area (Å²) in [6.45, 7) is 1.15. The Morgan fingerprint density at radius 2 is 2.29 bits per heavy atom. The number of rotatable bonds is 5. The van der Waals surface area contributed by atoms with Crippen molar-refractivity contribution in [3.8, 4) is 12.5 Å². The highest BCUT2D eigenvalue weighted by molar-refractivity contribution is 5.73. The van der Waals surface area contributed by atoms with Crippen molar-refractivity contribution in [2.24, 2.45) is 0 Å². The standard InChI is InChI=1S/C9H13NO4/c1-2-10-7(9(11)12)3-4-8-13-5-6-14-8/h1,7-8,10H,3-6H2,(H,11,12). The molecular weight excluding hydrogens is 186 g/mol. The van der Waals surface area contributed by atoms with Gasteiger partial charge in [-0.2, -0.15) is 0 Å². The lowest BCUT2D eigenvalue weighted by atomic mass is 10.1. The van der Waals surface area contributed by atoms with E-state index in [2.05, 4.69) is 11.4 Å². The molecule has 1 fully saturated rings. The van der Waals surface area contributed by atoms with Gasteiger partial charge in [0.05, 0.1) is 13.2 Å². The molecule has 78 valence electrons. The van der Waals surface area contributed by atoms with E-state index in [1.807, 2.05) is 0 Å². The predicted octanol–water partition coefficient (Wildman–Crippen LogP) is -0.227. The summed E-state index contributed by atoms with van der Waals surface area (Å²) >= 11 is 0. The Bertz CT molecular complexity index is 229. The lowest BCUT2D eigenvalue weighted by molar-refractivity contribution is -0.139. The quantitative estimate of drug-likeness (QED) is 0.473. The summed E-state index contributed by atoms with van der Waals surface area (Å²) in [7, 11) is 0. The summed E-state index contributed by atoms with van der Waals surface area (Å²) < 4.78 is 10.3. The minimum atomic E-state index is -0.957. The number of hydrogen-bond acceptors (Lipinski definition) is 4. The van der Waals surface area contributed by atoms with Crippen molar-refractivity contribution in [3.63, 3.8) is 0 Å². The van der Waals surface area contributed by atoms with Crippen molar-refractivity contribution >= 4 is 5.97 Å². The topological polar surface area (TPSA) is 67.8 Å². The van der Waals surface area contributed by atoms with Gasteiger partial charge in [0.25, 0.3) is 0 Å². The normalized spacial score (nSPS) is 18.8. The van der Waals surface area contributed by atoms with Crippen LogP contribution in [0.4, 0.5) is 0 Å². The summed E-state index contributed by atoms with van der Waals surface area (Å²) in [5.74, 6) is -0.957. The molecule has 1 atom stereocenters. The molecule has 0 spiro atoms. The van der Waals surface area contributed by atoms with Gasteiger partial charge in [0.15, 0.2) is 6.29 Å². The van der Waals surface area contributed by atoms with E-state index < -0.39 is 12.0 Å². The van der Waals surface area contributed by atoms with E-state index in [0.29, 0.717) is 26.1 Å². The second kappa shape index (κ2) is 5.47. The SMILES string of the molecule is C#CNC(CCC1OCCO1)C(=O)O. The molecule has 5 heteroatoms. The molecule has 1 heterocycles. The second-order valence-corrected chi connectivity index (χ2v) is 2.93. The first-order chi connectivity index (χ1) is 6.74. The van der Waals surface area contributed by atoms with Crippen molar-refractivity contribution in [1.82, 2.24) is 5.32 Å². The predicted molar refractivity (Wildman–Crippen MR) is 48.3 cm³/mol. The maximum absolute atomic E-state index is 10.7. The number of hydrogen-bond donors (Lipinski definition) is 2. The Labute approximate surface area is 82.4 Å². The van der Waals surface area contributed by atoms with Crippen LogP contribution < -0.4 is 5.32 Å². The lowest BCUT2D eigenvalue weighted by Crippen LogP contribution is -2.34. The summed E-state index contributed by atoms with van der Waals surface area (Å²) in [5.41, 5.74) is 0. The van der Waals surface area contributed by atoms with Gasteiger partial charge in [-0.25, -0.2) is 4.79 Å². The van der Waals surface area contributed by atoms with Gasteiger partial charge < -0.3 is 19.9 Å². The zero-order valence-electron chi connectivity index (χ0n) is 7.73. The third-order valence-electron chi connectivity index (χ3n) is 1.94. The van der Waals surface area contributed by atoms with Crippen molar-refractivity contribution in [2.45, 2.75) is 25.2 Å². The molecule has 1 aliphatic rings. The van der Waals surface area contributed by atoms with E-state index in [1.54, 1.807) is 0 Å². The first kappa shape index (κ1) is 10.8. The van der Waals surface area contributed by atoms with Crippen LogP contribution in [0.15, 0.2) is 0 Å². The zero-order chi connectivity index (χ0) is 10.4. The number of carboxylic acids is 1. The second-order valence-electron chi connectivity index (χ2n) is 2.93. The Morgan fingerprint density at radius 1 is 1.64 bits per heavy atom. The van der Waals surface area contributed by atoms with Gasteiger partial charge >= 0.3 is 5.97 Å². The fraction of sp³-hybridized carbons (Fsp3) is 0.667. The Balaban J connectivity index is 2.25. The fourth-order valence-corrected chi connectivity index (χ4v) is 1.23. The molecule has 0 aliphatic carbocycles. The summed E-state index contributed by atoms with van der Waals surface area (Å²) in [4.78, 5) is 10.7. The highest BCUT2D eigenvalue weighted by atomic mass is 16.7. The van der Waals surface area contributed by atoms with Crippen LogP contribution in [0, 0.1) is 12.5 Å². The lowest BCUT2D eigenvalue weighted by Gasteiger charge is -2.13. The van der Waals surface area contributed by atoms with Crippen molar-refractivity contribution in [1.29, 1.82) is 0 Å². The summed E-state index contributed by atoms with van der Waals surface area (Å²) in [5, 5.41) is 11.2. The van der Waals surface area contributed by atoms with E-state index >= 15 is 0 Å². The van der Waals surface area contributed by atoms with Gasteiger partial charge in [-0.05, 0) is 6.42 Å². The van der Waals surface area contributed by atoms with E-state index in [1.165, 1.54) is 0 Å². The maximum atomic E-state index is 10.7. The zero-order valence-corrected chi connectivity index (χ0v) is 7.73. The van der Waals surface area contributed by atoms with Crippen LogP contribution in [0.25, 0.3) is 0 Å². The third-order valence-corrected chi connectivity index (χ3v) is 1.94. The van der Waals surface area contributed by atoms with Crippen LogP contribution in [0.1, 0.15) is 12.8 Å². The highest BCUT2D eigenvalue weighted by Crippen LogP contribution is 2.11. The first-order valence-corrected chi connectivity index (χ1v) is 4.41. The molecule has 1 rings (SSSR count). The minimum absolute atomic E-state index is 0.281. The maximum Gasteiger partial charge on any atom is 0.326 e. The molecule has 0 aromatic carbocycles. The Morgan fingerprint density at radius 3 is 2.79 bits per heavy atom. The molecule has 0 aromatic rings. The van der Waals surface area contributed by atoms with Crippen LogP contribution in [0.2, 0.25) is 0 Å². The van der Waals surface area contributed by atoms with E-state index in [4.69, 9.17) is 21.0 Å². The molecule has 0 radical (unpaired) electrons. The van der Waals surface area contributed by atoms with Gasteiger partial charge in [-0.1, -0.05) is 6.42 Å². The molecule has 1 unspecified atom stereocenters. The number of carboxylic acid groups (broad SMARTS) is 1. The summed E-state index contributed by atoms with van der Waals surface area (Å²) in [6, 6.07) is 1.38. The summed E-state index contributed by atoms with van der Waals surface area (Å²) in [6.07, 6.45) is 5.61. The van der Waals surface area contributed by atoms with Crippen LogP contribution in [-0.2, 0) is 14.3 Å². The van der Waals surface area contributed by atoms with Crippen LogP contribution >= 0.6 is 0 Å². The van der Waals surface area contributed by atoms with E-state index in [-0.39, 0.29) is 6.29 Å². The van der Waals surface area contributed by atoms with Crippen molar-refractivity contribution in [3.05, 3.63) is 0 Å². The molecule has 2 N–H and O–H groups in total. The largest absolute Gasteiger partial charge is 0.480 e. The number of aliphatic carboxylic acids is 1. The number of ether oxygens (including phenoxy) is 2. The fourth-order valence-electron chi connectivity index (χ4n) is 1.23. The Hall–Kier alpha value is -1.25. The van der Waals surface area contributed by atoms with Gasteiger partial charge in [-0.3, -0.25) is 0 Å². The van der Waals surface area contributed by atoms with Crippen LogP contribution in [0.5, 0.6) is 0 Å². The van der Waals surface area contributed by atoms with Crippen LogP contribution in [0.3, 0.4) is 0 Å². The van der Waals surface area contributed by atoms with Gasteiger partial charge in [0.2, 0.25) is 0 Å². The van der Waals surface area contributed by atoms with Gasteiger partial charge in [0.1, 0.15) is 6.04 Å². The molecule has 1 saturated heterocycles. The van der Waals surface area contributed by atoms with Crippen molar-refractivity contribution in [2.75, 3.05) is 13.2 Å². The molecule has 14 heavy (non-hydrogen) atoms. The van der Waals surface area contributed by atoms with E-state index in [0.717, 1.165) is 0 Å². The molecule has 0 amide bonds. The molecule has 0 bridgehead atoms. The average Bonchev–Trinajstić information content (AvgIpc) is 2.64. The number of terminal acetylenes is 1. The minimum Gasteiger partial charge on any atom is -0.480 e. The van der Waals surface area contributed by atoms with E-state index in [9.17, 15) is 4.79 Å². The number of carbonyl (C=O) groups is 1. The molecule has 1 aliphatic heterocycles.